The van der Waals surface area contributed by atoms with Crippen LogP contribution >= 0.6 is 0 Å². The summed E-state index contributed by atoms with van der Waals surface area (Å²) in [5.74, 6) is 1.33. The van der Waals surface area contributed by atoms with Gasteiger partial charge in [-0.2, -0.15) is 4.57 Å². The fourth-order valence-corrected chi connectivity index (χ4v) is 8.38. The summed E-state index contributed by atoms with van der Waals surface area (Å²) < 4.78 is 7.06. The van der Waals surface area contributed by atoms with E-state index < -0.39 is 5.41 Å². The summed E-state index contributed by atoms with van der Waals surface area (Å²) in [5.41, 5.74) is 11.3. The summed E-state index contributed by atoms with van der Waals surface area (Å²) in [7, 11) is 0. The van der Waals surface area contributed by atoms with Gasteiger partial charge in [-0.05, 0) is 96.1 Å². The van der Waals surface area contributed by atoms with Crippen LogP contribution in [0.5, 0.6) is 0 Å². The van der Waals surface area contributed by atoms with Crippen molar-refractivity contribution in [3.63, 3.8) is 0 Å². The van der Waals surface area contributed by atoms with Gasteiger partial charge in [0.05, 0.1) is 22.5 Å². The van der Waals surface area contributed by atoms with Gasteiger partial charge in [-0.3, -0.25) is 4.57 Å². The lowest BCUT2D eigenvalue weighted by molar-refractivity contribution is -0.691. The van der Waals surface area contributed by atoms with Crippen molar-refractivity contribution < 1.29 is 4.57 Å². The molecule has 0 saturated heterocycles. The molecule has 0 aliphatic carbocycles. The Labute approximate surface area is 311 Å². The second-order valence-electron chi connectivity index (χ2n) is 14.7. The summed E-state index contributed by atoms with van der Waals surface area (Å²) in [4.78, 5) is 4.97. The molecule has 0 aliphatic rings. The van der Waals surface area contributed by atoms with Gasteiger partial charge in [-0.15, -0.1) is 0 Å². The second-order valence-corrected chi connectivity index (χ2v) is 14.7. The number of para-hydroxylation sites is 3. The standard InChI is InChI=1S/C49H43N4/c1-34(2)36-28-29-50-48(30-36)53-44-23-12-11-22-42(44)43-27-26-40(32-47(43)53)49(37-16-7-5-8-17-37,38-18-9-6-10-19-38)39-20-15-21-41(31-39)52-33-51(35(3)4)45-24-13-14-25-46(45)52/h5-35H,1-4H3/q+1. The number of rotatable bonds is 8. The molecule has 0 fully saturated rings. The Morgan fingerprint density at radius 3 is 1.87 bits per heavy atom. The fraction of sp³-hybridized carbons (Fsp3) is 0.143. The van der Waals surface area contributed by atoms with E-state index >= 15 is 0 Å². The number of fused-ring (bicyclic) bond motifs is 4. The summed E-state index contributed by atoms with van der Waals surface area (Å²) in [6.45, 7) is 8.97. The number of hydrogen-bond donors (Lipinski definition) is 0. The van der Waals surface area contributed by atoms with E-state index in [0.717, 1.165) is 22.5 Å². The van der Waals surface area contributed by atoms with E-state index in [9.17, 15) is 0 Å². The normalized spacial score (nSPS) is 12.1. The highest BCUT2D eigenvalue weighted by molar-refractivity contribution is 6.09. The van der Waals surface area contributed by atoms with Crippen molar-refractivity contribution in [1.29, 1.82) is 0 Å². The molecule has 4 nitrogen and oxygen atoms in total. The number of nitrogens with zero attached hydrogens (tertiary/aromatic N) is 4. The van der Waals surface area contributed by atoms with Crippen LogP contribution in [0, 0.1) is 0 Å². The van der Waals surface area contributed by atoms with Gasteiger partial charge in [0.1, 0.15) is 11.5 Å². The van der Waals surface area contributed by atoms with Gasteiger partial charge in [0, 0.05) is 17.0 Å². The van der Waals surface area contributed by atoms with Crippen molar-refractivity contribution in [2.45, 2.75) is 45.1 Å². The minimum Gasteiger partial charge on any atom is -0.294 e. The second kappa shape index (κ2) is 13.1. The number of benzene rings is 6. The highest BCUT2D eigenvalue weighted by atomic mass is 15.1. The molecule has 0 radical (unpaired) electrons. The van der Waals surface area contributed by atoms with Crippen LogP contribution in [-0.2, 0) is 5.41 Å². The Morgan fingerprint density at radius 1 is 0.528 bits per heavy atom. The van der Waals surface area contributed by atoms with E-state index in [2.05, 4.69) is 212 Å². The fourth-order valence-electron chi connectivity index (χ4n) is 8.38. The highest BCUT2D eigenvalue weighted by Crippen LogP contribution is 2.47. The first-order valence-electron chi connectivity index (χ1n) is 18.7. The topological polar surface area (TPSA) is 26.6 Å². The third-order valence-corrected chi connectivity index (χ3v) is 11.0. The van der Waals surface area contributed by atoms with E-state index in [4.69, 9.17) is 4.98 Å². The van der Waals surface area contributed by atoms with Gasteiger partial charge in [-0.1, -0.05) is 129 Å². The molecule has 0 unspecified atom stereocenters. The van der Waals surface area contributed by atoms with Crippen molar-refractivity contribution in [2.24, 2.45) is 0 Å². The zero-order valence-corrected chi connectivity index (χ0v) is 30.7. The average Bonchev–Trinajstić information content (AvgIpc) is 3.76. The van der Waals surface area contributed by atoms with Gasteiger partial charge in [-0.25, -0.2) is 9.55 Å². The quantitative estimate of drug-likeness (QED) is 0.115. The van der Waals surface area contributed by atoms with E-state index in [0.29, 0.717) is 12.0 Å². The predicted octanol–water partition coefficient (Wildman–Crippen LogP) is 11.5. The Kier molecular flexibility index (Phi) is 8.04. The molecular weight excluding hydrogens is 645 g/mol. The van der Waals surface area contributed by atoms with Crippen molar-refractivity contribution in [3.8, 4) is 11.5 Å². The molecule has 0 atom stereocenters. The monoisotopic (exact) mass is 687 g/mol. The summed E-state index contributed by atoms with van der Waals surface area (Å²) in [5, 5.41) is 2.43. The molecule has 53 heavy (non-hydrogen) atoms. The maximum atomic E-state index is 4.97. The summed E-state index contributed by atoms with van der Waals surface area (Å²) in [6, 6.07) is 60.4. The molecule has 9 aromatic rings. The molecule has 0 N–H and O–H groups in total. The minimum absolute atomic E-state index is 0.325. The lowest BCUT2D eigenvalue weighted by Gasteiger charge is -2.37. The molecule has 0 amide bonds. The third-order valence-electron chi connectivity index (χ3n) is 11.0. The maximum Gasteiger partial charge on any atom is 0.250 e. The zero-order valence-electron chi connectivity index (χ0n) is 30.7. The molecular formula is C49H43N4+. The Bertz CT molecular complexity index is 2690. The third kappa shape index (κ3) is 5.28. The molecule has 3 heterocycles. The van der Waals surface area contributed by atoms with Crippen molar-refractivity contribution in [2.75, 3.05) is 0 Å². The van der Waals surface area contributed by atoms with E-state index in [-0.39, 0.29) is 0 Å². The molecule has 3 aromatic heterocycles. The van der Waals surface area contributed by atoms with Crippen molar-refractivity contribution in [3.05, 3.63) is 204 Å². The molecule has 0 bridgehead atoms. The van der Waals surface area contributed by atoms with Gasteiger partial charge in [0.2, 0.25) is 6.33 Å². The van der Waals surface area contributed by atoms with Gasteiger partial charge >= 0.3 is 0 Å². The highest BCUT2D eigenvalue weighted by Gasteiger charge is 2.39. The van der Waals surface area contributed by atoms with Gasteiger partial charge in [0.15, 0.2) is 11.0 Å². The molecule has 0 saturated carbocycles. The van der Waals surface area contributed by atoms with Crippen LogP contribution in [0.4, 0.5) is 0 Å². The molecule has 0 spiro atoms. The van der Waals surface area contributed by atoms with E-state index in [1.165, 1.54) is 49.6 Å². The van der Waals surface area contributed by atoms with Gasteiger partial charge in [0.25, 0.3) is 0 Å². The zero-order chi connectivity index (χ0) is 36.1. The Balaban J connectivity index is 1.37. The number of imidazole rings is 1. The van der Waals surface area contributed by atoms with Crippen molar-refractivity contribution in [1.82, 2.24) is 14.1 Å². The van der Waals surface area contributed by atoms with Crippen LogP contribution in [0.3, 0.4) is 0 Å². The van der Waals surface area contributed by atoms with Crippen LogP contribution in [-0.4, -0.2) is 14.1 Å². The molecule has 258 valence electrons. The molecule has 0 aliphatic heterocycles. The number of pyridine rings is 1. The SMILES string of the molecule is CC(C)c1ccnc(-n2c3ccccc3c3ccc(C(c4ccccc4)(c4ccccc4)c4cccc(-n5c[n+](C(C)C)c6ccccc65)c4)cc32)c1. The first kappa shape index (κ1) is 32.6. The molecule has 6 aromatic carbocycles. The minimum atomic E-state index is -0.641. The number of aromatic nitrogens is 4. The Hall–Kier alpha value is -6.26. The van der Waals surface area contributed by atoms with Crippen molar-refractivity contribution >= 4 is 32.8 Å². The van der Waals surface area contributed by atoms with Crippen LogP contribution < -0.4 is 4.57 Å². The van der Waals surface area contributed by atoms with Gasteiger partial charge < -0.3 is 0 Å². The first-order chi connectivity index (χ1) is 25.9. The van der Waals surface area contributed by atoms with E-state index in [1.54, 1.807) is 0 Å². The maximum absolute atomic E-state index is 4.97. The molecule has 4 heteroatoms. The largest absolute Gasteiger partial charge is 0.294 e. The Morgan fingerprint density at radius 2 is 1.15 bits per heavy atom. The van der Waals surface area contributed by atoms with Crippen LogP contribution in [0.1, 0.15) is 67.5 Å². The summed E-state index contributed by atoms with van der Waals surface area (Å²) >= 11 is 0. The lowest BCUT2D eigenvalue weighted by Crippen LogP contribution is -2.34. The summed E-state index contributed by atoms with van der Waals surface area (Å²) in [6.07, 6.45) is 4.21. The molecule has 9 rings (SSSR count). The van der Waals surface area contributed by atoms with Crippen LogP contribution in [0.2, 0.25) is 0 Å². The number of hydrogen-bond acceptors (Lipinski definition) is 1. The average molecular weight is 688 g/mol. The van der Waals surface area contributed by atoms with Crippen LogP contribution in [0.15, 0.2) is 176 Å². The lowest BCUT2D eigenvalue weighted by atomic mass is 9.65. The smallest absolute Gasteiger partial charge is 0.250 e. The van der Waals surface area contributed by atoms with E-state index in [1.807, 2.05) is 6.20 Å². The first-order valence-corrected chi connectivity index (χ1v) is 18.7. The van der Waals surface area contributed by atoms with Crippen LogP contribution in [0.25, 0.3) is 44.3 Å². The predicted molar refractivity (Wildman–Crippen MR) is 218 cm³/mol.